The first-order valence-electron chi connectivity index (χ1n) is 10.7. The molecule has 1 heterocycles. The first-order chi connectivity index (χ1) is 17.5. The zero-order valence-electron chi connectivity index (χ0n) is 19.0. The third-order valence-electron chi connectivity index (χ3n) is 4.95. The summed E-state index contributed by atoms with van der Waals surface area (Å²) in [6.07, 6.45) is 1.40. The van der Waals surface area contributed by atoms with Gasteiger partial charge in [-0.15, -0.1) is 11.3 Å². The molecule has 0 fully saturated rings. The highest BCUT2D eigenvalue weighted by molar-refractivity contribution is 7.21. The molecule has 0 saturated heterocycles. The minimum Gasteiger partial charge on any atom is -0.493 e. The molecule has 4 aromatic rings. The summed E-state index contributed by atoms with van der Waals surface area (Å²) < 4.78 is 11.6. The molecule has 0 bridgehead atoms. The molecule has 2 N–H and O–H groups in total. The molecule has 0 aliphatic rings. The van der Waals surface area contributed by atoms with Gasteiger partial charge in [0.2, 0.25) is 0 Å². The molecule has 1 aromatic heterocycles. The van der Waals surface area contributed by atoms with E-state index in [-0.39, 0.29) is 12.3 Å². The fourth-order valence-corrected chi connectivity index (χ4v) is 4.63. The number of hydrogen-bond donors (Lipinski definition) is 2. The van der Waals surface area contributed by atoms with Crippen molar-refractivity contribution in [3.05, 3.63) is 93.8 Å². The minimum atomic E-state index is -0.516. The number of hydrazone groups is 1. The van der Waals surface area contributed by atoms with Crippen molar-refractivity contribution in [1.82, 2.24) is 10.7 Å². The quantitative estimate of drug-likeness (QED) is 0.152. The molecule has 3 aromatic carbocycles. The Morgan fingerprint density at radius 3 is 2.50 bits per heavy atom. The van der Waals surface area contributed by atoms with Gasteiger partial charge in [-0.3, -0.25) is 9.59 Å². The number of halogens is 1. The van der Waals surface area contributed by atoms with E-state index < -0.39 is 17.8 Å². The van der Waals surface area contributed by atoms with Crippen LogP contribution >= 0.6 is 22.9 Å². The lowest BCUT2D eigenvalue weighted by atomic mass is 10.2. The third-order valence-corrected chi connectivity index (χ3v) is 6.63. The van der Waals surface area contributed by atoms with Crippen LogP contribution in [0.5, 0.6) is 11.5 Å². The zero-order chi connectivity index (χ0) is 25.5. The van der Waals surface area contributed by atoms with Crippen molar-refractivity contribution in [2.24, 2.45) is 5.10 Å². The summed E-state index contributed by atoms with van der Waals surface area (Å²) in [5.74, 6) is -0.901. The summed E-state index contributed by atoms with van der Waals surface area (Å²) in [6, 6.07) is 20.8. The Morgan fingerprint density at radius 1 is 1.00 bits per heavy atom. The van der Waals surface area contributed by atoms with Crippen LogP contribution in [-0.2, 0) is 4.79 Å². The van der Waals surface area contributed by atoms with Crippen LogP contribution in [-0.4, -0.2) is 37.7 Å². The fraction of sp³-hybridized carbons (Fsp3) is 0.0769. The molecule has 0 spiro atoms. The number of methoxy groups -OCH3 is 1. The topological polar surface area (TPSA) is 106 Å². The van der Waals surface area contributed by atoms with E-state index >= 15 is 0 Å². The van der Waals surface area contributed by atoms with Crippen LogP contribution in [0.4, 0.5) is 0 Å². The van der Waals surface area contributed by atoms with Gasteiger partial charge in [0.1, 0.15) is 4.88 Å². The van der Waals surface area contributed by atoms with Gasteiger partial charge in [-0.1, -0.05) is 48.0 Å². The van der Waals surface area contributed by atoms with Crippen molar-refractivity contribution < 1.29 is 23.9 Å². The summed E-state index contributed by atoms with van der Waals surface area (Å²) in [4.78, 5) is 37.2. The normalized spacial score (nSPS) is 10.8. The summed E-state index contributed by atoms with van der Waals surface area (Å²) in [5.41, 5.74) is 3.35. The van der Waals surface area contributed by atoms with Crippen LogP contribution in [0.3, 0.4) is 0 Å². The number of hydrogen-bond acceptors (Lipinski definition) is 7. The first kappa shape index (κ1) is 24.9. The van der Waals surface area contributed by atoms with Crippen LogP contribution < -0.4 is 20.2 Å². The SMILES string of the molecule is COc1cc(/C=N/NC(=O)CNC(=O)c2sc3ccccc3c2Cl)ccc1OC(=O)c1ccccc1. The van der Waals surface area contributed by atoms with Crippen molar-refractivity contribution >= 4 is 57.0 Å². The molecular weight excluding hydrogens is 502 g/mol. The average molecular weight is 522 g/mol. The van der Waals surface area contributed by atoms with Gasteiger partial charge >= 0.3 is 5.97 Å². The van der Waals surface area contributed by atoms with Gasteiger partial charge < -0.3 is 14.8 Å². The molecular formula is C26H20ClN3O5S. The van der Waals surface area contributed by atoms with Gasteiger partial charge in [-0.2, -0.15) is 5.10 Å². The lowest BCUT2D eigenvalue weighted by Crippen LogP contribution is -2.34. The second-order valence-corrected chi connectivity index (χ2v) is 8.81. The standard InChI is InChI=1S/C26H20ClN3O5S/c1-34-20-13-16(11-12-19(20)35-26(33)17-7-3-2-4-8-17)14-29-30-22(31)15-28-25(32)24-23(27)18-9-5-6-10-21(18)36-24/h2-14H,15H2,1H3,(H,28,32)(H,30,31)/b29-14+. The van der Waals surface area contributed by atoms with Gasteiger partial charge in [0.15, 0.2) is 11.5 Å². The van der Waals surface area contributed by atoms with Crippen molar-refractivity contribution in [3.63, 3.8) is 0 Å². The Hall–Kier alpha value is -4.21. The molecule has 182 valence electrons. The van der Waals surface area contributed by atoms with E-state index in [4.69, 9.17) is 21.1 Å². The predicted octanol–water partition coefficient (Wildman–Crippen LogP) is 4.66. The minimum absolute atomic E-state index is 0.246. The van der Waals surface area contributed by atoms with E-state index in [0.29, 0.717) is 26.8 Å². The van der Waals surface area contributed by atoms with Gasteiger partial charge in [-0.05, 0) is 42.0 Å². The summed E-state index contributed by atoms with van der Waals surface area (Å²) >= 11 is 7.56. The molecule has 10 heteroatoms. The summed E-state index contributed by atoms with van der Waals surface area (Å²) in [7, 11) is 1.45. The Morgan fingerprint density at radius 2 is 1.75 bits per heavy atom. The van der Waals surface area contributed by atoms with Crippen molar-refractivity contribution in [2.45, 2.75) is 0 Å². The van der Waals surface area contributed by atoms with Gasteiger partial charge in [0, 0.05) is 10.1 Å². The number of carbonyl (C=O) groups excluding carboxylic acids is 3. The van der Waals surface area contributed by atoms with Crippen LogP contribution in [0.15, 0.2) is 77.9 Å². The molecule has 0 atom stereocenters. The maximum absolute atomic E-state index is 12.5. The van der Waals surface area contributed by atoms with Gasteiger partial charge in [0.05, 0.1) is 30.5 Å². The number of carbonyl (C=O) groups is 3. The Labute approximate surface area is 215 Å². The van der Waals surface area contributed by atoms with Crippen LogP contribution in [0.25, 0.3) is 10.1 Å². The number of esters is 1. The maximum Gasteiger partial charge on any atom is 0.343 e. The number of thiophene rings is 1. The van der Waals surface area contributed by atoms with Crippen LogP contribution in [0.2, 0.25) is 5.02 Å². The Balaban J connectivity index is 1.31. The average Bonchev–Trinajstić information content (AvgIpc) is 3.25. The molecule has 0 saturated carbocycles. The Kier molecular flexibility index (Phi) is 7.94. The van der Waals surface area contributed by atoms with Crippen molar-refractivity contribution in [3.8, 4) is 11.5 Å². The predicted molar refractivity (Wildman–Crippen MR) is 139 cm³/mol. The van der Waals surface area contributed by atoms with E-state index in [2.05, 4.69) is 15.8 Å². The van der Waals surface area contributed by atoms with E-state index in [1.165, 1.54) is 24.7 Å². The van der Waals surface area contributed by atoms with Gasteiger partial charge in [0.25, 0.3) is 11.8 Å². The Bertz CT molecular complexity index is 1450. The highest BCUT2D eigenvalue weighted by atomic mass is 35.5. The summed E-state index contributed by atoms with van der Waals surface area (Å²) in [6.45, 7) is -0.279. The fourth-order valence-electron chi connectivity index (χ4n) is 3.20. The number of rotatable bonds is 8. The highest BCUT2D eigenvalue weighted by Crippen LogP contribution is 2.35. The molecule has 36 heavy (non-hydrogen) atoms. The zero-order valence-corrected chi connectivity index (χ0v) is 20.6. The molecule has 0 aliphatic carbocycles. The van der Waals surface area contributed by atoms with E-state index in [9.17, 15) is 14.4 Å². The van der Waals surface area contributed by atoms with E-state index in [1.807, 2.05) is 24.3 Å². The van der Waals surface area contributed by atoms with E-state index in [0.717, 1.165) is 10.1 Å². The number of fused-ring (bicyclic) bond motifs is 1. The second kappa shape index (κ2) is 11.5. The molecule has 8 nitrogen and oxygen atoms in total. The monoisotopic (exact) mass is 521 g/mol. The number of benzene rings is 3. The molecule has 2 amide bonds. The first-order valence-corrected chi connectivity index (χ1v) is 11.9. The molecule has 4 rings (SSSR count). The van der Waals surface area contributed by atoms with Gasteiger partial charge in [-0.25, -0.2) is 10.2 Å². The van der Waals surface area contributed by atoms with Crippen molar-refractivity contribution in [1.29, 1.82) is 0 Å². The molecule has 0 unspecified atom stereocenters. The third kappa shape index (κ3) is 5.88. The molecule has 0 radical (unpaired) electrons. The smallest absolute Gasteiger partial charge is 0.343 e. The lowest BCUT2D eigenvalue weighted by Gasteiger charge is -2.10. The summed E-state index contributed by atoms with van der Waals surface area (Å²) in [5, 5.41) is 7.59. The van der Waals surface area contributed by atoms with Crippen LogP contribution in [0.1, 0.15) is 25.6 Å². The van der Waals surface area contributed by atoms with E-state index in [1.54, 1.807) is 48.5 Å². The number of ether oxygens (including phenoxy) is 2. The maximum atomic E-state index is 12.5. The highest BCUT2D eigenvalue weighted by Gasteiger charge is 2.17. The number of nitrogens with zero attached hydrogens (tertiary/aromatic N) is 1. The number of amides is 2. The number of nitrogens with one attached hydrogen (secondary N) is 2. The van der Waals surface area contributed by atoms with Crippen molar-refractivity contribution in [2.75, 3.05) is 13.7 Å². The lowest BCUT2D eigenvalue weighted by molar-refractivity contribution is -0.120. The molecule has 0 aliphatic heterocycles. The second-order valence-electron chi connectivity index (χ2n) is 7.38. The van der Waals surface area contributed by atoms with Crippen LogP contribution in [0, 0.1) is 0 Å². The largest absolute Gasteiger partial charge is 0.493 e.